The van der Waals surface area contributed by atoms with Crippen LogP contribution >= 0.6 is 0 Å². The highest BCUT2D eigenvalue weighted by Gasteiger charge is 2.11. The van der Waals surface area contributed by atoms with E-state index in [-0.39, 0.29) is 6.61 Å². The van der Waals surface area contributed by atoms with Gasteiger partial charge in [0.05, 0.1) is 24.5 Å². The van der Waals surface area contributed by atoms with Crippen LogP contribution in [0, 0.1) is 13.8 Å². The molecule has 2 aromatic rings. The number of aryl methyl sites for hydroxylation is 2. The maximum atomic E-state index is 9.40. The minimum absolute atomic E-state index is 0.0784. The van der Waals surface area contributed by atoms with E-state index in [2.05, 4.69) is 12.1 Å². The molecule has 0 spiro atoms. The van der Waals surface area contributed by atoms with Crippen LogP contribution in [0.15, 0.2) is 22.7 Å². The number of benzene rings is 1. The summed E-state index contributed by atoms with van der Waals surface area (Å²) in [5, 5.41) is 13.3. The third-order valence-corrected chi connectivity index (χ3v) is 3.24. The van der Waals surface area contributed by atoms with Crippen LogP contribution in [0.25, 0.3) is 0 Å². The molecular weight excluding hydrogens is 270 g/mol. The Morgan fingerprint density at radius 3 is 2.67 bits per heavy atom. The van der Waals surface area contributed by atoms with Gasteiger partial charge in [0.25, 0.3) is 0 Å². The summed E-state index contributed by atoms with van der Waals surface area (Å²) in [6.07, 6.45) is 0.941. The molecule has 0 saturated carbocycles. The summed E-state index contributed by atoms with van der Waals surface area (Å²) < 4.78 is 16.5. The SMILES string of the molecule is CCCOc1ccc(CO)c(OCc2c(C)noc2C)c1. The monoisotopic (exact) mass is 291 g/mol. The Bertz CT molecular complexity index is 572. The summed E-state index contributed by atoms with van der Waals surface area (Å²) in [7, 11) is 0. The number of aliphatic hydroxyl groups is 1. The number of aromatic nitrogens is 1. The second-order valence-corrected chi connectivity index (χ2v) is 4.87. The molecule has 0 bridgehead atoms. The van der Waals surface area contributed by atoms with Crippen molar-refractivity contribution in [3.63, 3.8) is 0 Å². The summed E-state index contributed by atoms with van der Waals surface area (Å²) in [5.41, 5.74) is 2.47. The van der Waals surface area contributed by atoms with Crippen molar-refractivity contribution in [1.29, 1.82) is 0 Å². The number of rotatable bonds is 7. The van der Waals surface area contributed by atoms with Crippen molar-refractivity contribution < 1.29 is 19.1 Å². The van der Waals surface area contributed by atoms with Gasteiger partial charge in [-0.05, 0) is 32.4 Å². The molecule has 0 atom stereocenters. The van der Waals surface area contributed by atoms with Crippen LogP contribution in [-0.4, -0.2) is 16.9 Å². The molecule has 1 heterocycles. The molecule has 1 aromatic heterocycles. The lowest BCUT2D eigenvalue weighted by Gasteiger charge is -2.12. The Morgan fingerprint density at radius 1 is 1.24 bits per heavy atom. The first-order valence-corrected chi connectivity index (χ1v) is 7.06. The van der Waals surface area contributed by atoms with E-state index >= 15 is 0 Å². The van der Waals surface area contributed by atoms with Gasteiger partial charge in [-0.15, -0.1) is 0 Å². The van der Waals surface area contributed by atoms with Gasteiger partial charge in [0.1, 0.15) is 23.9 Å². The minimum atomic E-state index is -0.0784. The normalized spacial score (nSPS) is 10.7. The summed E-state index contributed by atoms with van der Waals surface area (Å²) in [6.45, 7) is 6.71. The molecule has 5 nitrogen and oxygen atoms in total. The summed E-state index contributed by atoms with van der Waals surface area (Å²) in [5.74, 6) is 2.10. The van der Waals surface area contributed by atoms with E-state index in [4.69, 9.17) is 14.0 Å². The molecule has 0 radical (unpaired) electrons. The average molecular weight is 291 g/mol. The third kappa shape index (κ3) is 3.76. The van der Waals surface area contributed by atoms with Crippen molar-refractivity contribution in [1.82, 2.24) is 5.16 Å². The van der Waals surface area contributed by atoms with Crippen LogP contribution in [0.5, 0.6) is 11.5 Å². The van der Waals surface area contributed by atoms with E-state index in [0.29, 0.717) is 19.0 Å². The maximum absolute atomic E-state index is 9.40. The number of hydrogen-bond acceptors (Lipinski definition) is 5. The molecule has 114 valence electrons. The van der Waals surface area contributed by atoms with Crippen LogP contribution in [0.3, 0.4) is 0 Å². The topological polar surface area (TPSA) is 64.7 Å². The third-order valence-electron chi connectivity index (χ3n) is 3.24. The minimum Gasteiger partial charge on any atom is -0.493 e. The van der Waals surface area contributed by atoms with Gasteiger partial charge >= 0.3 is 0 Å². The van der Waals surface area contributed by atoms with Crippen molar-refractivity contribution in [2.75, 3.05) is 6.61 Å². The lowest BCUT2D eigenvalue weighted by molar-refractivity contribution is 0.255. The van der Waals surface area contributed by atoms with Crippen LogP contribution in [-0.2, 0) is 13.2 Å². The molecule has 0 aliphatic heterocycles. The van der Waals surface area contributed by atoms with Crippen molar-refractivity contribution in [3.05, 3.63) is 40.8 Å². The lowest BCUT2D eigenvalue weighted by atomic mass is 10.2. The Morgan fingerprint density at radius 2 is 2.05 bits per heavy atom. The van der Waals surface area contributed by atoms with Crippen LogP contribution in [0.1, 0.15) is 35.9 Å². The van der Waals surface area contributed by atoms with E-state index in [0.717, 1.165) is 34.8 Å². The van der Waals surface area contributed by atoms with Gasteiger partial charge in [-0.3, -0.25) is 0 Å². The van der Waals surface area contributed by atoms with E-state index in [1.165, 1.54) is 0 Å². The zero-order valence-electron chi connectivity index (χ0n) is 12.7. The van der Waals surface area contributed by atoms with Gasteiger partial charge in [-0.25, -0.2) is 0 Å². The van der Waals surface area contributed by atoms with Gasteiger partial charge in [0.15, 0.2) is 0 Å². The fourth-order valence-corrected chi connectivity index (χ4v) is 1.97. The number of ether oxygens (including phenoxy) is 2. The van der Waals surface area contributed by atoms with Gasteiger partial charge in [0.2, 0.25) is 0 Å². The molecule has 0 aliphatic rings. The van der Waals surface area contributed by atoms with Gasteiger partial charge in [-0.2, -0.15) is 0 Å². The molecule has 5 heteroatoms. The highest BCUT2D eigenvalue weighted by atomic mass is 16.5. The van der Waals surface area contributed by atoms with Crippen molar-refractivity contribution in [2.24, 2.45) is 0 Å². The van der Waals surface area contributed by atoms with Crippen LogP contribution < -0.4 is 9.47 Å². The standard InChI is InChI=1S/C16H21NO4/c1-4-7-19-14-6-5-13(9-18)16(8-14)20-10-15-11(2)17-21-12(15)3/h5-6,8,18H,4,7,9-10H2,1-3H3. The zero-order chi connectivity index (χ0) is 15.2. The molecule has 1 aromatic carbocycles. The number of aliphatic hydroxyl groups excluding tert-OH is 1. The average Bonchev–Trinajstić information content (AvgIpc) is 2.82. The number of nitrogens with zero attached hydrogens (tertiary/aromatic N) is 1. The lowest BCUT2D eigenvalue weighted by Crippen LogP contribution is -2.02. The first kappa shape index (κ1) is 15.4. The molecular formula is C16H21NO4. The molecule has 2 rings (SSSR count). The van der Waals surface area contributed by atoms with Crippen LogP contribution in [0.2, 0.25) is 0 Å². The second kappa shape index (κ2) is 7.13. The molecule has 0 fully saturated rings. The maximum Gasteiger partial charge on any atom is 0.140 e. The predicted molar refractivity (Wildman–Crippen MR) is 78.5 cm³/mol. The fourth-order valence-electron chi connectivity index (χ4n) is 1.97. The second-order valence-electron chi connectivity index (χ2n) is 4.87. The molecule has 0 aliphatic carbocycles. The largest absolute Gasteiger partial charge is 0.493 e. The van der Waals surface area contributed by atoms with E-state index in [1.54, 1.807) is 6.07 Å². The molecule has 0 amide bonds. The first-order valence-electron chi connectivity index (χ1n) is 7.06. The van der Waals surface area contributed by atoms with Crippen molar-refractivity contribution in [2.45, 2.75) is 40.4 Å². The predicted octanol–water partition coefficient (Wildman–Crippen LogP) is 3.15. The highest BCUT2D eigenvalue weighted by Crippen LogP contribution is 2.27. The first-order chi connectivity index (χ1) is 10.2. The van der Waals surface area contributed by atoms with E-state index in [9.17, 15) is 5.11 Å². The van der Waals surface area contributed by atoms with Gasteiger partial charge < -0.3 is 19.1 Å². The van der Waals surface area contributed by atoms with Gasteiger partial charge in [0, 0.05) is 11.6 Å². The van der Waals surface area contributed by atoms with Crippen LogP contribution in [0.4, 0.5) is 0 Å². The van der Waals surface area contributed by atoms with E-state index < -0.39 is 0 Å². The van der Waals surface area contributed by atoms with Gasteiger partial charge in [-0.1, -0.05) is 12.1 Å². The van der Waals surface area contributed by atoms with Crippen molar-refractivity contribution >= 4 is 0 Å². The molecule has 1 N–H and O–H groups in total. The Balaban J connectivity index is 2.13. The summed E-state index contributed by atoms with van der Waals surface area (Å²) in [4.78, 5) is 0. The van der Waals surface area contributed by atoms with Crippen molar-refractivity contribution in [3.8, 4) is 11.5 Å². The molecule has 21 heavy (non-hydrogen) atoms. The fraction of sp³-hybridized carbons (Fsp3) is 0.438. The zero-order valence-corrected chi connectivity index (χ0v) is 12.7. The summed E-state index contributed by atoms with van der Waals surface area (Å²) in [6, 6.07) is 5.46. The number of hydrogen-bond donors (Lipinski definition) is 1. The van der Waals surface area contributed by atoms with E-state index in [1.807, 2.05) is 26.0 Å². The Labute approximate surface area is 124 Å². The molecule has 0 unspecified atom stereocenters. The summed E-state index contributed by atoms with van der Waals surface area (Å²) >= 11 is 0. The smallest absolute Gasteiger partial charge is 0.140 e. The Hall–Kier alpha value is -2.01. The Kier molecular flexibility index (Phi) is 5.22. The molecule has 0 saturated heterocycles. The highest BCUT2D eigenvalue weighted by molar-refractivity contribution is 5.40. The quantitative estimate of drug-likeness (QED) is 0.849.